The molecule has 0 fully saturated rings. The predicted octanol–water partition coefficient (Wildman–Crippen LogP) is 4.23. The lowest BCUT2D eigenvalue weighted by atomic mass is 9.92. The number of hydrogen-bond acceptors (Lipinski definition) is 0. The molecule has 0 radical (unpaired) electrons. The van der Waals surface area contributed by atoms with Crippen molar-refractivity contribution in [2.75, 3.05) is 0 Å². The molecule has 0 saturated carbocycles. The Morgan fingerprint density at radius 3 is 2.50 bits per heavy atom. The van der Waals surface area contributed by atoms with Crippen molar-refractivity contribution in [3.8, 4) is 0 Å². The maximum atomic E-state index is 3.47. The molecular formula is C12H14BrN. The first-order chi connectivity index (χ1) is 6.47. The monoisotopic (exact) mass is 251 g/mol. The van der Waals surface area contributed by atoms with Crippen molar-refractivity contribution in [3.05, 3.63) is 34.4 Å². The van der Waals surface area contributed by atoms with Crippen LogP contribution in [0.2, 0.25) is 0 Å². The Morgan fingerprint density at radius 1 is 1.14 bits per heavy atom. The Labute approximate surface area is 92.6 Å². The zero-order chi connectivity index (χ0) is 10.3. The average Bonchev–Trinajstić information content (AvgIpc) is 2.45. The second-order valence-electron chi connectivity index (χ2n) is 4.66. The van der Waals surface area contributed by atoms with Gasteiger partial charge in [0.25, 0.3) is 0 Å². The molecule has 0 saturated heterocycles. The van der Waals surface area contributed by atoms with Gasteiger partial charge in [0.15, 0.2) is 0 Å². The summed E-state index contributed by atoms with van der Waals surface area (Å²) < 4.78 is 1.12. The summed E-state index contributed by atoms with van der Waals surface area (Å²) in [5.41, 5.74) is 2.67. The molecular weight excluding hydrogens is 238 g/mol. The minimum Gasteiger partial charge on any atom is -0.358 e. The van der Waals surface area contributed by atoms with Crippen LogP contribution in [0.4, 0.5) is 0 Å². The molecule has 0 atom stereocenters. The van der Waals surface area contributed by atoms with E-state index < -0.39 is 0 Å². The third kappa shape index (κ3) is 1.71. The van der Waals surface area contributed by atoms with Crippen molar-refractivity contribution in [3.63, 3.8) is 0 Å². The molecule has 2 heteroatoms. The second kappa shape index (κ2) is 3.13. The van der Waals surface area contributed by atoms with Gasteiger partial charge < -0.3 is 4.98 Å². The first-order valence-electron chi connectivity index (χ1n) is 4.75. The van der Waals surface area contributed by atoms with Crippen LogP contribution < -0.4 is 0 Å². The van der Waals surface area contributed by atoms with E-state index in [9.17, 15) is 0 Å². The number of rotatable bonds is 0. The number of benzene rings is 1. The lowest BCUT2D eigenvalue weighted by molar-refractivity contribution is 0.574. The number of fused-ring (bicyclic) bond motifs is 1. The largest absolute Gasteiger partial charge is 0.358 e. The van der Waals surface area contributed by atoms with E-state index in [1.165, 1.54) is 16.6 Å². The van der Waals surface area contributed by atoms with Gasteiger partial charge in [-0.1, -0.05) is 42.8 Å². The van der Waals surface area contributed by atoms with Crippen LogP contribution in [-0.2, 0) is 5.41 Å². The van der Waals surface area contributed by atoms with Gasteiger partial charge >= 0.3 is 0 Å². The Hall–Kier alpha value is -0.760. The van der Waals surface area contributed by atoms with E-state index in [4.69, 9.17) is 0 Å². The first-order valence-corrected chi connectivity index (χ1v) is 5.55. The zero-order valence-electron chi connectivity index (χ0n) is 8.69. The Kier molecular flexibility index (Phi) is 2.18. The van der Waals surface area contributed by atoms with Gasteiger partial charge in [-0.25, -0.2) is 0 Å². The summed E-state index contributed by atoms with van der Waals surface area (Å²) in [7, 11) is 0. The van der Waals surface area contributed by atoms with E-state index in [-0.39, 0.29) is 5.41 Å². The van der Waals surface area contributed by atoms with Crippen LogP contribution in [0, 0.1) is 0 Å². The van der Waals surface area contributed by atoms with Gasteiger partial charge in [-0.05, 0) is 23.6 Å². The maximum Gasteiger partial charge on any atom is 0.0467 e. The summed E-state index contributed by atoms with van der Waals surface area (Å²) >= 11 is 3.47. The number of hydrogen-bond donors (Lipinski definition) is 1. The second-order valence-corrected chi connectivity index (χ2v) is 5.58. The van der Waals surface area contributed by atoms with E-state index in [2.05, 4.69) is 66.0 Å². The third-order valence-electron chi connectivity index (χ3n) is 2.39. The lowest BCUT2D eigenvalue weighted by Gasteiger charge is -2.15. The number of aromatic nitrogens is 1. The molecule has 1 nitrogen and oxygen atoms in total. The highest BCUT2D eigenvalue weighted by molar-refractivity contribution is 9.10. The number of halogens is 1. The van der Waals surface area contributed by atoms with Crippen LogP contribution in [0.5, 0.6) is 0 Å². The Balaban J connectivity index is 2.63. The molecule has 1 aromatic carbocycles. The van der Waals surface area contributed by atoms with E-state index >= 15 is 0 Å². The van der Waals surface area contributed by atoms with Gasteiger partial charge in [-0.15, -0.1) is 0 Å². The average molecular weight is 252 g/mol. The van der Waals surface area contributed by atoms with Crippen LogP contribution in [0.1, 0.15) is 26.5 Å². The molecule has 2 rings (SSSR count). The minimum atomic E-state index is 0.186. The van der Waals surface area contributed by atoms with Crippen molar-refractivity contribution in [1.29, 1.82) is 0 Å². The summed E-state index contributed by atoms with van der Waals surface area (Å²) in [4.78, 5) is 3.45. The van der Waals surface area contributed by atoms with E-state index in [0.717, 1.165) is 4.47 Å². The van der Waals surface area contributed by atoms with Crippen LogP contribution in [0.15, 0.2) is 28.7 Å². The summed E-state index contributed by atoms with van der Waals surface area (Å²) in [5, 5.41) is 1.28. The molecule has 2 aromatic rings. The smallest absolute Gasteiger partial charge is 0.0467 e. The minimum absolute atomic E-state index is 0.186. The van der Waals surface area contributed by atoms with Crippen molar-refractivity contribution in [1.82, 2.24) is 4.98 Å². The summed E-state index contributed by atoms with van der Waals surface area (Å²) in [6.45, 7) is 6.65. The summed E-state index contributed by atoms with van der Waals surface area (Å²) in [6, 6.07) is 8.54. The highest BCUT2D eigenvalue weighted by Crippen LogP contribution is 2.27. The standard InChI is InChI=1S/C12H14BrN/c1-12(2,3)11-6-8-4-5-9(13)7-10(8)14-11/h4-7,14H,1-3H3. The third-order valence-corrected chi connectivity index (χ3v) is 2.89. The van der Waals surface area contributed by atoms with Gasteiger partial charge in [0.2, 0.25) is 0 Å². The molecule has 0 aliphatic rings. The van der Waals surface area contributed by atoms with Gasteiger partial charge in [0, 0.05) is 21.1 Å². The molecule has 0 unspecified atom stereocenters. The van der Waals surface area contributed by atoms with Crippen molar-refractivity contribution in [2.24, 2.45) is 0 Å². The molecule has 0 spiro atoms. The normalized spacial score (nSPS) is 12.3. The number of nitrogens with one attached hydrogen (secondary N) is 1. The van der Waals surface area contributed by atoms with Gasteiger partial charge in [0.05, 0.1) is 0 Å². The molecule has 0 aliphatic heterocycles. The Morgan fingerprint density at radius 2 is 1.86 bits per heavy atom. The quantitative estimate of drug-likeness (QED) is 0.722. The van der Waals surface area contributed by atoms with Gasteiger partial charge in [0.1, 0.15) is 0 Å². The number of aromatic amines is 1. The van der Waals surface area contributed by atoms with Crippen LogP contribution >= 0.6 is 15.9 Å². The fourth-order valence-electron chi connectivity index (χ4n) is 1.50. The molecule has 0 aliphatic carbocycles. The van der Waals surface area contributed by atoms with Crippen molar-refractivity contribution < 1.29 is 0 Å². The molecule has 1 heterocycles. The van der Waals surface area contributed by atoms with Crippen molar-refractivity contribution in [2.45, 2.75) is 26.2 Å². The highest BCUT2D eigenvalue weighted by atomic mass is 79.9. The van der Waals surface area contributed by atoms with Crippen LogP contribution in [0.3, 0.4) is 0 Å². The Bertz CT molecular complexity index is 463. The fourth-order valence-corrected chi connectivity index (χ4v) is 1.86. The molecule has 0 amide bonds. The van der Waals surface area contributed by atoms with Gasteiger partial charge in [-0.3, -0.25) is 0 Å². The van der Waals surface area contributed by atoms with Crippen LogP contribution in [-0.4, -0.2) is 4.98 Å². The van der Waals surface area contributed by atoms with E-state index in [1.54, 1.807) is 0 Å². The SMILES string of the molecule is CC(C)(C)c1cc2ccc(Br)cc2[nH]1. The van der Waals surface area contributed by atoms with Crippen molar-refractivity contribution >= 4 is 26.8 Å². The summed E-state index contributed by atoms with van der Waals surface area (Å²) in [6.07, 6.45) is 0. The van der Waals surface area contributed by atoms with Gasteiger partial charge in [-0.2, -0.15) is 0 Å². The zero-order valence-corrected chi connectivity index (χ0v) is 10.3. The van der Waals surface area contributed by atoms with E-state index in [0.29, 0.717) is 0 Å². The highest BCUT2D eigenvalue weighted by Gasteiger charge is 2.15. The van der Waals surface area contributed by atoms with E-state index in [1.807, 2.05) is 0 Å². The molecule has 1 aromatic heterocycles. The molecule has 1 N–H and O–H groups in total. The van der Waals surface area contributed by atoms with Crippen LogP contribution in [0.25, 0.3) is 10.9 Å². The summed E-state index contributed by atoms with van der Waals surface area (Å²) in [5.74, 6) is 0. The number of H-pyrrole nitrogens is 1. The molecule has 0 bridgehead atoms. The molecule has 14 heavy (non-hydrogen) atoms. The first kappa shape index (κ1) is 9.78. The fraction of sp³-hybridized carbons (Fsp3) is 0.333. The topological polar surface area (TPSA) is 15.8 Å². The molecule has 74 valence electrons. The predicted molar refractivity (Wildman–Crippen MR) is 64.7 cm³/mol. The lowest BCUT2D eigenvalue weighted by Crippen LogP contribution is -2.10. The maximum absolute atomic E-state index is 3.47.